The fourth-order valence-corrected chi connectivity index (χ4v) is 2.58. The highest BCUT2D eigenvalue weighted by Crippen LogP contribution is 2.45. The third-order valence-electron chi connectivity index (χ3n) is 4.00. The molecule has 2 N–H and O–H groups in total. The van der Waals surface area contributed by atoms with Crippen LogP contribution in [0.2, 0.25) is 0 Å². The Morgan fingerprint density at radius 2 is 2.52 bits per heavy atom. The Bertz CT molecular complexity index is 676. The number of nitrogens with two attached hydrogens (primary N) is 1. The van der Waals surface area contributed by atoms with E-state index < -0.39 is 29.6 Å². The molecule has 0 saturated carbocycles. The Balaban J connectivity index is 2.44. The molecule has 114 valence electrons. The molecule has 1 aromatic rings. The van der Waals surface area contributed by atoms with Crippen molar-refractivity contribution in [3.8, 4) is 0 Å². The van der Waals surface area contributed by atoms with Crippen molar-refractivity contribution < 1.29 is 10.5 Å². The summed E-state index contributed by atoms with van der Waals surface area (Å²) >= 11 is 0. The molecule has 4 atom stereocenters. The average molecular weight is 297 g/mol. The van der Waals surface area contributed by atoms with Gasteiger partial charge < -0.3 is 10.5 Å². The van der Waals surface area contributed by atoms with Crippen LogP contribution < -0.4 is 11.4 Å². The normalized spacial score (nSPS) is 32.5. The number of ether oxygens (including phenoxy) is 1. The summed E-state index contributed by atoms with van der Waals surface area (Å²) in [7, 11) is 0. The summed E-state index contributed by atoms with van der Waals surface area (Å²) in [6.45, 7) is 3.39. The standard InChI is InChI=1S/C12H17FN6O2/c1-3-12(6-16-18-15)7(2)9(13)10(21-12)19-5-4-8(14)17-11(19)20/h4-5,7,9-10H,3,6H2,1-2H3,(H2,14,17,20)/t7-,9+,10+,12-/m0/s1/i4D. The lowest BCUT2D eigenvalue weighted by molar-refractivity contribution is -0.0860. The van der Waals surface area contributed by atoms with Crippen molar-refractivity contribution in [2.75, 3.05) is 12.3 Å². The number of azide groups is 1. The van der Waals surface area contributed by atoms with Gasteiger partial charge in [0.25, 0.3) is 0 Å². The highest BCUT2D eigenvalue weighted by Gasteiger charge is 2.52. The summed E-state index contributed by atoms with van der Waals surface area (Å²) in [5, 5.41) is 3.49. The van der Waals surface area contributed by atoms with Gasteiger partial charge in [0.15, 0.2) is 12.4 Å². The Morgan fingerprint density at radius 3 is 3.14 bits per heavy atom. The summed E-state index contributed by atoms with van der Waals surface area (Å²) in [4.78, 5) is 18.1. The third kappa shape index (κ3) is 2.57. The molecule has 1 fully saturated rings. The van der Waals surface area contributed by atoms with Crippen molar-refractivity contribution in [2.45, 2.75) is 38.3 Å². The maximum Gasteiger partial charge on any atom is 0.351 e. The number of hydrogen-bond acceptors (Lipinski definition) is 5. The van der Waals surface area contributed by atoms with E-state index in [2.05, 4.69) is 15.0 Å². The first-order valence-electron chi connectivity index (χ1n) is 7.04. The van der Waals surface area contributed by atoms with Gasteiger partial charge in [-0.25, -0.2) is 9.18 Å². The number of hydrogen-bond donors (Lipinski definition) is 1. The lowest BCUT2D eigenvalue weighted by atomic mass is 9.85. The lowest BCUT2D eigenvalue weighted by Crippen LogP contribution is -2.38. The van der Waals surface area contributed by atoms with Crippen LogP contribution in [0.25, 0.3) is 10.4 Å². The van der Waals surface area contributed by atoms with Crippen LogP contribution in [0, 0.1) is 5.92 Å². The summed E-state index contributed by atoms with van der Waals surface area (Å²) in [5.74, 6) is -0.815. The molecule has 0 unspecified atom stereocenters. The van der Waals surface area contributed by atoms with Crippen LogP contribution in [0.5, 0.6) is 0 Å². The SMILES string of the molecule is [2H]c1cn([C@@H]2O[C@@](CC)(CN=[N+]=[N-])[C@@H](C)[C@H]2F)c(=O)nc1N. The maximum absolute atomic E-state index is 14.6. The van der Waals surface area contributed by atoms with Crippen LogP contribution in [0.1, 0.15) is 27.9 Å². The summed E-state index contributed by atoms with van der Waals surface area (Å²) in [5.41, 5.74) is 12.1. The number of nitrogens with zero attached hydrogens (tertiary/aromatic N) is 5. The first-order valence-corrected chi connectivity index (χ1v) is 6.54. The van der Waals surface area contributed by atoms with E-state index in [-0.39, 0.29) is 18.4 Å². The van der Waals surface area contributed by atoms with Gasteiger partial charge in [0, 0.05) is 17.0 Å². The molecule has 8 nitrogen and oxygen atoms in total. The second kappa shape index (κ2) is 5.71. The molecule has 0 aromatic carbocycles. The molecule has 9 heteroatoms. The van der Waals surface area contributed by atoms with E-state index in [4.69, 9.17) is 17.4 Å². The predicted octanol–water partition coefficient (Wildman–Crippen LogP) is 1.79. The van der Waals surface area contributed by atoms with Gasteiger partial charge in [-0.05, 0) is 18.0 Å². The Morgan fingerprint density at radius 1 is 1.81 bits per heavy atom. The number of nitrogen functional groups attached to an aromatic ring is 1. The number of alkyl halides is 1. The third-order valence-corrected chi connectivity index (χ3v) is 4.00. The van der Waals surface area contributed by atoms with E-state index in [0.29, 0.717) is 6.42 Å². The van der Waals surface area contributed by atoms with Gasteiger partial charge in [-0.15, -0.1) is 0 Å². The smallest absolute Gasteiger partial charge is 0.351 e. The van der Waals surface area contributed by atoms with E-state index in [0.717, 1.165) is 10.8 Å². The molecule has 1 aliphatic heterocycles. The second-order valence-corrected chi connectivity index (χ2v) is 5.01. The van der Waals surface area contributed by atoms with Crippen LogP contribution in [-0.2, 0) is 4.74 Å². The Labute approximate surface area is 121 Å². The summed E-state index contributed by atoms with van der Waals surface area (Å²) < 4.78 is 28.9. The van der Waals surface area contributed by atoms with Crippen LogP contribution in [0.3, 0.4) is 0 Å². The van der Waals surface area contributed by atoms with Crippen molar-refractivity contribution in [3.05, 3.63) is 33.2 Å². The molecule has 0 bridgehead atoms. The first-order chi connectivity index (χ1) is 10.4. The van der Waals surface area contributed by atoms with E-state index >= 15 is 0 Å². The van der Waals surface area contributed by atoms with Gasteiger partial charge in [-0.1, -0.05) is 19.0 Å². The predicted molar refractivity (Wildman–Crippen MR) is 74.1 cm³/mol. The zero-order valence-electron chi connectivity index (χ0n) is 12.7. The first kappa shape index (κ1) is 13.8. The van der Waals surface area contributed by atoms with Crippen molar-refractivity contribution in [1.29, 1.82) is 0 Å². The Kier molecular flexibility index (Phi) is 3.76. The van der Waals surface area contributed by atoms with Crippen LogP contribution >= 0.6 is 0 Å². The van der Waals surface area contributed by atoms with Crippen LogP contribution in [0.4, 0.5) is 10.2 Å². The summed E-state index contributed by atoms with van der Waals surface area (Å²) in [6, 6.07) is -0.188. The minimum atomic E-state index is -1.50. The van der Waals surface area contributed by atoms with Crippen molar-refractivity contribution in [2.24, 2.45) is 11.0 Å². The van der Waals surface area contributed by atoms with E-state index in [9.17, 15) is 9.18 Å². The summed E-state index contributed by atoms with van der Waals surface area (Å²) in [6.07, 6.45) is -1.21. The molecule has 1 saturated heterocycles. The van der Waals surface area contributed by atoms with Crippen molar-refractivity contribution in [1.82, 2.24) is 9.55 Å². The number of aromatic nitrogens is 2. The molecule has 1 aromatic heterocycles. The topological polar surface area (TPSA) is 119 Å². The van der Waals surface area contributed by atoms with Gasteiger partial charge in [0.1, 0.15) is 5.82 Å². The Hall–Kier alpha value is -2.12. The number of anilines is 1. The monoisotopic (exact) mass is 297 g/mol. The van der Waals surface area contributed by atoms with Gasteiger partial charge in [0.05, 0.1) is 13.5 Å². The maximum atomic E-state index is 14.6. The lowest BCUT2D eigenvalue weighted by Gasteiger charge is -2.29. The number of halogens is 1. The highest BCUT2D eigenvalue weighted by atomic mass is 19.1. The van der Waals surface area contributed by atoms with Crippen molar-refractivity contribution in [3.63, 3.8) is 0 Å². The minimum absolute atomic E-state index is 0.0387. The fourth-order valence-electron chi connectivity index (χ4n) is 2.58. The fraction of sp³-hybridized carbons (Fsp3) is 0.667. The van der Waals surface area contributed by atoms with E-state index in [1.54, 1.807) is 13.8 Å². The van der Waals surface area contributed by atoms with Gasteiger partial charge in [-0.2, -0.15) is 4.98 Å². The van der Waals surface area contributed by atoms with Gasteiger partial charge in [0.2, 0.25) is 0 Å². The van der Waals surface area contributed by atoms with Gasteiger partial charge in [-0.3, -0.25) is 4.57 Å². The molecular weight excluding hydrogens is 279 g/mol. The van der Waals surface area contributed by atoms with E-state index in [1.165, 1.54) is 0 Å². The molecule has 0 aliphatic carbocycles. The number of rotatable bonds is 4. The van der Waals surface area contributed by atoms with Crippen molar-refractivity contribution >= 4 is 5.82 Å². The van der Waals surface area contributed by atoms with Crippen LogP contribution in [0.15, 0.2) is 22.1 Å². The second-order valence-electron chi connectivity index (χ2n) is 5.01. The molecule has 1 aliphatic rings. The molecule has 0 amide bonds. The quantitative estimate of drug-likeness (QED) is 0.517. The molecule has 2 rings (SSSR count). The van der Waals surface area contributed by atoms with Crippen LogP contribution in [-0.4, -0.2) is 27.9 Å². The molecule has 0 radical (unpaired) electrons. The zero-order chi connectivity index (χ0) is 16.5. The van der Waals surface area contributed by atoms with Gasteiger partial charge >= 0.3 is 5.69 Å². The minimum Gasteiger partial charge on any atom is -0.383 e. The molecule has 0 spiro atoms. The highest BCUT2D eigenvalue weighted by molar-refractivity contribution is 5.23. The molecule has 21 heavy (non-hydrogen) atoms. The average Bonchev–Trinajstić information content (AvgIpc) is 2.74. The largest absolute Gasteiger partial charge is 0.383 e. The zero-order valence-corrected chi connectivity index (χ0v) is 11.7. The van der Waals surface area contributed by atoms with E-state index in [1.807, 2.05) is 0 Å². The molecular formula is C12H17FN6O2. The molecule has 2 heterocycles.